The zero-order chi connectivity index (χ0) is 11.9. The Morgan fingerprint density at radius 3 is 2.59 bits per heavy atom. The van der Waals surface area contributed by atoms with Gasteiger partial charge in [-0.3, -0.25) is 0 Å². The monoisotopic (exact) mass is 233 g/mol. The molecular formula is C15H23NO. The smallest absolute Gasteiger partial charge is 0.119 e. The second kappa shape index (κ2) is 6.65. The standard InChI is InChI=1S/C15H23NO/c1-2-17-15-8-6-14(7-9-15)12-16-11-10-13-4-3-5-13/h6-9,13,16H,2-5,10-12H2,1H3. The Kier molecular flexibility index (Phi) is 4.87. The molecule has 2 heteroatoms. The summed E-state index contributed by atoms with van der Waals surface area (Å²) in [5.41, 5.74) is 1.34. The molecule has 0 radical (unpaired) electrons. The van der Waals surface area contributed by atoms with Crippen LogP contribution >= 0.6 is 0 Å². The van der Waals surface area contributed by atoms with Gasteiger partial charge in [-0.15, -0.1) is 0 Å². The van der Waals surface area contributed by atoms with Crippen molar-refractivity contribution in [2.24, 2.45) is 5.92 Å². The second-order valence-corrected chi connectivity index (χ2v) is 4.84. The van der Waals surface area contributed by atoms with Gasteiger partial charge in [0.05, 0.1) is 6.61 Å². The van der Waals surface area contributed by atoms with Crippen molar-refractivity contribution in [3.05, 3.63) is 29.8 Å². The van der Waals surface area contributed by atoms with Gasteiger partial charge < -0.3 is 10.1 Å². The van der Waals surface area contributed by atoms with Crippen LogP contribution in [-0.2, 0) is 6.54 Å². The third-order valence-corrected chi connectivity index (χ3v) is 3.52. The molecule has 0 aliphatic heterocycles. The Bertz CT molecular complexity index is 316. The Balaban J connectivity index is 1.63. The highest BCUT2D eigenvalue weighted by Crippen LogP contribution is 2.28. The molecule has 0 unspecified atom stereocenters. The van der Waals surface area contributed by atoms with Gasteiger partial charge in [-0.1, -0.05) is 31.4 Å². The van der Waals surface area contributed by atoms with Gasteiger partial charge in [-0.05, 0) is 43.5 Å². The first kappa shape index (κ1) is 12.4. The van der Waals surface area contributed by atoms with Crippen molar-refractivity contribution >= 4 is 0 Å². The van der Waals surface area contributed by atoms with E-state index in [-0.39, 0.29) is 0 Å². The van der Waals surface area contributed by atoms with E-state index in [1.54, 1.807) is 0 Å². The van der Waals surface area contributed by atoms with Gasteiger partial charge in [0, 0.05) is 6.54 Å². The van der Waals surface area contributed by atoms with Gasteiger partial charge in [-0.2, -0.15) is 0 Å². The summed E-state index contributed by atoms with van der Waals surface area (Å²) in [4.78, 5) is 0. The van der Waals surface area contributed by atoms with E-state index in [4.69, 9.17) is 4.74 Å². The minimum atomic E-state index is 0.735. The first-order valence-corrected chi connectivity index (χ1v) is 6.81. The minimum Gasteiger partial charge on any atom is -0.494 e. The fourth-order valence-corrected chi connectivity index (χ4v) is 2.19. The predicted octanol–water partition coefficient (Wildman–Crippen LogP) is 3.37. The van der Waals surface area contributed by atoms with E-state index in [0.717, 1.165) is 31.4 Å². The van der Waals surface area contributed by atoms with Gasteiger partial charge >= 0.3 is 0 Å². The average molecular weight is 233 g/mol. The van der Waals surface area contributed by atoms with Crippen molar-refractivity contribution in [1.82, 2.24) is 5.32 Å². The van der Waals surface area contributed by atoms with E-state index in [9.17, 15) is 0 Å². The van der Waals surface area contributed by atoms with E-state index in [1.165, 1.54) is 31.2 Å². The summed E-state index contributed by atoms with van der Waals surface area (Å²) in [5.74, 6) is 1.97. The zero-order valence-electron chi connectivity index (χ0n) is 10.7. The molecule has 1 saturated carbocycles. The van der Waals surface area contributed by atoms with E-state index in [2.05, 4.69) is 17.4 Å². The molecule has 1 aliphatic rings. The molecule has 2 nitrogen and oxygen atoms in total. The van der Waals surface area contributed by atoms with E-state index in [0.29, 0.717) is 0 Å². The largest absolute Gasteiger partial charge is 0.494 e. The van der Waals surface area contributed by atoms with E-state index < -0.39 is 0 Å². The Labute approximate surface area is 104 Å². The van der Waals surface area contributed by atoms with Gasteiger partial charge in [0.25, 0.3) is 0 Å². The van der Waals surface area contributed by atoms with Crippen LogP contribution in [0.1, 0.15) is 38.2 Å². The topological polar surface area (TPSA) is 21.3 Å². The van der Waals surface area contributed by atoms with Crippen molar-refractivity contribution < 1.29 is 4.74 Å². The normalized spacial score (nSPS) is 15.6. The Morgan fingerprint density at radius 1 is 1.24 bits per heavy atom. The van der Waals surface area contributed by atoms with Crippen LogP contribution in [0, 0.1) is 5.92 Å². The molecule has 0 atom stereocenters. The highest BCUT2D eigenvalue weighted by atomic mass is 16.5. The van der Waals surface area contributed by atoms with Gasteiger partial charge in [-0.25, -0.2) is 0 Å². The fourth-order valence-electron chi connectivity index (χ4n) is 2.19. The molecule has 1 aromatic rings. The van der Waals surface area contributed by atoms with Gasteiger partial charge in [0.1, 0.15) is 5.75 Å². The Morgan fingerprint density at radius 2 is 2.00 bits per heavy atom. The fraction of sp³-hybridized carbons (Fsp3) is 0.600. The molecule has 0 aromatic heterocycles. The summed E-state index contributed by atoms with van der Waals surface area (Å²) < 4.78 is 5.42. The molecule has 0 amide bonds. The minimum absolute atomic E-state index is 0.735. The third-order valence-electron chi connectivity index (χ3n) is 3.52. The second-order valence-electron chi connectivity index (χ2n) is 4.84. The van der Waals surface area contributed by atoms with Crippen LogP contribution < -0.4 is 10.1 Å². The molecule has 0 spiro atoms. The molecular weight excluding hydrogens is 210 g/mol. The van der Waals surface area contributed by atoms with Gasteiger partial charge in [0.2, 0.25) is 0 Å². The lowest BCUT2D eigenvalue weighted by molar-refractivity contribution is 0.292. The number of hydrogen-bond donors (Lipinski definition) is 1. The summed E-state index contributed by atoms with van der Waals surface area (Å²) in [7, 11) is 0. The zero-order valence-corrected chi connectivity index (χ0v) is 10.7. The van der Waals surface area contributed by atoms with Gasteiger partial charge in [0.15, 0.2) is 0 Å². The van der Waals surface area contributed by atoms with Crippen LogP contribution in [-0.4, -0.2) is 13.2 Å². The summed E-state index contributed by atoms with van der Waals surface area (Å²) in [5, 5.41) is 3.51. The number of ether oxygens (including phenoxy) is 1. The maximum atomic E-state index is 5.42. The maximum absolute atomic E-state index is 5.42. The summed E-state index contributed by atoms with van der Waals surface area (Å²) in [6, 6.07) is 8.38. The number of benzene rings is 1. The highest BCUT2D eigenvalue weighted by molar-refractivity contribution is 5.27. The quantitative estimate of drug-likeness (QED) is 0.729. The molecule has 1 aromatic carbocycles. The van der Waals surface area contributed by atoms with E-state index >= 15 is 0 Å². The van der Waals surface area contributed by atoms with Crippen LogP contribution in [0.2, 0.25) is 0 Å². The lowest BCUT2D eigenvalue weighted by Gasteiger charge is -2.25. The first-order chi connectivity index (χ1) is 8.38. The van der Waals surface area contributed by atoms with Crippen LogP contribution in [0.3, 0.4) is 0 Å². The van der Waals surface area contributed by atoms with Crippen LogP contribution in [0.15, 0.2) is 24.3 Å². The molecule has 0 saturated heterocycles. The average Bonchev–Trinajstić information content (AvgIpc) is 2.29. The highest BCUT2D eigenvalue weighted by Gasteiger charge is 2.15. The van der Waals surface area contributed by atoms with Crippen molar-refractivity contribution in [1.29, 1.82) is 0 Å². The third kappa shape index (κ3) is 4.04. The molecule has 2 rings (SSSR count). The van der Waals surface area contributed by atoms with Crippen molar-refractivity contribution in [3.63, 3.8) is 0 Å². The van der Waals surface area contributed by atoms with E-state index in [1.807, 2.05) is 19.1 Å². The van der Waals surface area contributed by atoms with Crippen LogP contribution in [0.25, 0.3) is 0 Å². The molecule has 0 bridgehead atoms. The van der Waals surface area contributed by atoms with Crippen molar-refractivity contribution in [2.75, 3.05) is 13.2 Å². The van der Waals surface area contributed by atoms with Crippen LogP contribution in [0.4, 0.5) is 0 Å². The number of hydrogen-bond acceptors (Lipinski definition) is 2. The SMILES string of the molecule is CCOc1ccc(CNCCC2CCC2)cc1. The van der Waals surface area contributed by atoms with Crippen molar-refractivity contribution in [2.45, 2.75) is 39.2 Å². The lowest BCUT2D eigenvalue weighted by Crippen LogP contribution is -2.21. The number of nitrogens with one attached hydrogen (secondary N) is 1. The predicted molar refractivity (Wildman–Crippen MR) is 71.3 cm³/mol. The lowest BCUT2D eigenvalue weighted by atomic mass is 9.83. The summed E-state index contributed by atoms with van der Waals surface area (Å²) >= 11 is 0. The first-order valence-electron chi connectivity index (χ1n) is 6.81. The Hall–Kier alpha value is -1.02. The molecule has 1 N–H and O–H groups in total. The van der Waals surface area contributed by atoms with Crippen molar-refractivity contribution in [3.8, 4) is 5.75 Å². The summed E-state index contributed by atoms with van der Waals surface area (Å²) in [6.45, 7) is 4.87. The number of rotatable bonds is 7. The molecule has 17 heavy (non-hydrogen) atoms. The molecule has 1 fully saturated rings. The molecule has 0 heterocycles. The molecule has 1 aliphatic carbocycles. The molecule has 94 valence electrons. The van der Waals surface area contributed by atoms with Crippen LogP contribution in [0.5, 0.6) is 5.75 Å². The summed E-state index contributed by atoms with van der Waals surface area (Å²) in [6.07, 6.45) is 5.69. The maximum Gasteiger partial charge on any atom is 0.119 e.